The fourth-order valence-corrected chi connectivity index (χ4v) is 4.00. The van der Waals surface area contributed by atoms with Crippen LogP contribution < -0.4 is 9.73 Å². The summed E-state index contributed by atoms with van der Waals surface area (Å²) in [6.07, 6.45) is 0. The van der Waals surface area contributed by atoms with Crippen LogP contribution in [0.2, 0.25) is 5.02 Å². The van der Waals surface area contributed by atoms with Crippen LogP contribution in [0.4, 0.5) is 5.69 Å². The Bertz CT molecular complexity index is 1010. The Labute approximate surface area is 177 Å². The first-order chi connectivity index (χ1) is 13.4. The van der Waals surface area contributed by atoms with Crippen molar-refractivity contribution in [3.05, 3.63) is 59.1 Å². The number of para-hydroxylation sites is 1. The highest BCUT2D eigenvalue weighted by Gasteiger charge is 2.28. The van der Waals surface area contributed by atoms with Gasteiger partial charge < -0.3 is 0 Å². The first-order valence-corrected chi connectivity index (χ1v) is 10.9. The molecule has 29 heavy (non-hydrogen) atoms. The van der Waals surface area contributed by atoms with Crippen molar-refractivity contribution in [1.29, 1.82) is 0 Å². The van der Waals surface area contributed by atoms with E-state index in [9.17, 15) is 13.2 Å². The van der Waals surface area contributed by atoms with Crippen LogP contribution in [0.15, 0.2) is 58.5 Å². The monoisotopic (exact) mass is 435 g/mol. The number of carbonyl (C=O) groups excluding carboxylic acids is 1. The van der Waals surface area contributed by atoms with E-state index in [1.165, 1.54) is 12.1 Å². The van der Waals surface area contributed by atoms with E-state index in [4.69, 9.17) is 11.6 Å². The van der Waals surface area contributed by atoms with Gasteiger partial charge in [0.1, 0.15) is 6.54 Å². The molecule has 0 aliphatic rings. The lowest BCUT2D eigenvalue weighted by atomic mass is 9.91. The van der Waals surface area contributed by atoms with E-state index >= 15 is 0 Å². The minimum Gasteiger partial charge on any atom is -0.271 e. The SMILES string of the molecule is C/C(=N/NC(=O)CN(c1ccccc1Cl)S(=O)(=O)c1ccc(C)cc1)C(C)(C)C. The Balaban J connectivity index is 2.40. The third kappa shape index (κ3) is 5.81. The van der Waals surface area contributed by atoms with Crippen LogP contribution in [0.3, 0.4) is 0 Å². The molecule has 1 amide bonds. The Hall–Kier alpha value is -2.38. The number of sulfonamides is 1. The van der Waals surface area contributed by atoms with Crippen LogP contribution in [0, 0.1) is 12.3 Å². The summed E-state index contributed by atoms with van der Waals surface area (Å²) in [5, 5.41) is 4.32. The number of rotatable bonds is 6. The van der Waals surface area contributed by atoms with Crippen LogP contribution in [0.5, 0.6) is 0 Å². The van der Waals surface area contributed by atoms with Gasteiger partial charge in [-0.1, -0.05) is 62.2 Å². The van der Waals surface area contributed by atoms with Gasteiger partial charge in [-0.25, -0.2) is 13.8 Å². The largest absolute Gasteiger partial charge is 0.271 e. The van der Waals surface area contributed by atoms with Crippen LogP contribution in [0.25, 0.3) is 0 Å². The number of amides is 1. The summed E-state index contributed by atoms with van der Waals surface area (Å²) >= 11 is 6.24. The number of halogens is 1. The molecule has 0 atom stereocenters. The summed E-state index contributed by atoms with van der Waals surface area (Å²) < 4.78 is 27.6. The molecule has 0 aromatic heterocycles. The Kier molecular flexibility index (Phi) is 7.08. The molecule has 0 spiro atoms. The summed E-state index contributed by atoms with van der Waals surface area (Å²) in [7, 11) is -4.02. The summed E-state index contributed by atoms with van der Waals surface area (Å²) in [4.78, 5) is 12.6. The number of anilines is 1. The highest BCUT2D eigenvalue weighted by Crippen LogP contribution is 2.30. The Morgan fingerprint density at radius 2 is 1.69 bits per heavy atom. The van der Waals surface area contributed by atoms with Crippen molar-refractivity contribution in [1.82, 2.24) is 5.43 Å². The van der Waals surface area contributed by atoms with Crippen molar-refractivity contribution in [2.24, 2.45) is 10.5 Å². The number of nitrogens with one attached hydrogen (secondary N) is 1. The average Bonchev–Trinajstić information content (AvgIpc) is 2.64. The van der Waals surface area contributed by atoms with Crippen molar-refractivity contribution < 1.29 is 13.2 Å². The van der Waals surface area contributed by atoms with Gasteiger partial charge in [0.25, 0.3) is 15.9 Å². The quantitative estimate of drug-likeness (QED) is 0.540. The molecule has 8 heteroatoms. The molecule has 0 radical (unpaired) electrons. The van der Waals surface area contributed by atoms with Crippen molar-refractivity contribution in [3.8, 4) is 0 Å². The van der Waals surface area contributed by atoms with E-state index < -0.39 is 22.5 Å². The molecule has 2 aromatic carbocycles. The number of benzene rings is 2. The van der Waals surface area contributed by atoms with Gasteiger partial charge in [0.05, 0.1) is 15.6 Å². The van der Waals surface area contributed by atoms with E-state index in [0.717, 1.165) is 15.6 Å². The molecule has 0 fully saturated rings. The van der Waals surface area contributed by atoms with Gasteiger partial charge >= 0.3 is 0 Å². The molecule has 2 rings (SSSR count). The molecule has 0 aliphatic heterocycles. The molecule has 0 unspecified atom stereocenters. The summed E-state index contributed by atoms with van der Waals surface area (Å²) in [6, 6.07) is 12.9. The van der Waals surface area contributed by atoms with Crippen molar-refractivity contribution >= 4 is 38.9 Å². The third-order valence-electron chi connectivity index (χ3n) is 4.45. The molecule has 156 valence electrons. The van der Waals surface area contributed by atoms with Gasteiger partial charge in [-0.2, -0.15) is 5.10 Å². The fraction of sp³-hybridized carbons (Fsp3) is 0.333. The van der Waals surface area contributed by atoms with Crippen molar-refractivity contribution in [2.45, 2.75) is 39.5 Å². The van der Waals surface area contributed by atoms with Gasteiger partial charge in [-0.15, -0.1) is 0 Å². The summed E-state index contributed by atoms with van der Waals surface area (Å²) in [5.41, 5.74) is 4.09. The molecular weight excluding hydrogens is 410 g/mol. The molecule has 2 aromatic rings. The topological polar surface area (TPSA) is 78.8 Å². The van der Waals surface area contributed by atoms with Crippen molar-refractivity contribution in [3.63, 3.8) is 0 Å². The average molecular weight is 436 g/mol. The lowest BCUT2D eigenvalue weighted by molar-refractivity contribution is -0.119. The van der Waals surface area contributed by atoms with Gasteiger partial charge in [0.15, 0.2) is 0 Å². The van der Waals surface area contributed by atoms with Crippen LogP contribution in [0.1, 0.15) is 33.3 Å². The minimum atomic E-state index is -4.02. The van der Waals surface area contributed by atoms with E-state index in [1.54, 1.807) is 43.3 Å². The zero-order chi connectivity index (χ0) is 21.8. The van der Waals surface area contributed by atoms with Gasteiger partial charge in [0.2, 0.25) is 0 Å². The fourth-order valence-electron chi connectivity index (χ4n) is 2.27. The first-order valence-electron chi connectivity index (χ1n) is 9.10. The van der Waals surface area contributed by atoms with Gasteiger partial charge in [0, 0.05) is 11.1 Å². The zero-order valence-electron chi connectivity index (χ0n) is 17.2. The Morgan fingerprint density at radius 3 is 2.24 bits per heavy atom. The number of aryl methyl sites for hydroxylation is 1. The lowest BCUT2D eigenvalue weighted by Gasteiger charge is -2.25. The number of hydrazone groups is 1. The molecule has 6 nitrogen and oxygen atoms in total. The summed E-state index contributed by atoms with van der Waals surface area (Å²) in [6.45, 7) is 9.11. The van der Waals surface area contributed by atoms with Gasteiger partial charge in [-0.3, -0.25) is 9.10 Å². The summed E-state index contributed by atoms with van der Waals surface area (Å²) in [5.74, 6) is -0.566. The van der Waals surface area contributed by atoms with Crippen LogP contribution in [-0.2, 0) is 14.8 Å². The standard InChI is InChI=1S/C21H26ClN3O3S/c1-15-10-12-17(13-11-15)29(27,28)25(19-9-7-6-8-18(19)22)14-20(26)24-23-16(2)21(3,4)5/h6-13H,14H2,1-5H3,(H,24,26)/b23-16-. The minimum absolute atomic E-state index is 0.0743. The molecule has 0 saturated carbocycles. The molecule has 0 aliphatic carbocycles. The molecule has 1 N–H and O–H groups in total. The second-order valence-electron chi connectivity index (χ2n) is 7.76. The molecule has 0 bridgehead atoms. The smallest absolute Gasteiger partial charge is 0.264 e. The van der Waals surface area contributed by atoms with Crippen molar-refractivity contribution in [2.75, 3.05) is 10.8 Å². The van der Waals surface area contributed by atoms with E-state index in [2.05, 4.69) is 10.5 Å². The highest BCUT2D eigenvalue weighted by molar-refractivity contribution is 7.92. The van der Waals surface area contributed by atoms with E-state index in [0.29, 0.717) is 0 Å². The normalized spacial score (nSPS) is 12.6. The predicted molar refractivity (Wildman–Crippen MR) is 118 cm³/mol. The lowest BCUT2D eigenvalue weighted by Crippen LogP contribution is -2.40. The molecule has 0 saturated heterocycles. The number of hydrogen-bond donors (Lipinski definition) is 1. The number of hydrogen-bond acceptors (Lipinski definition) is 4. The van der Waals surface area contributed by atoms with E-state index in [1.807, 2.05) is 27.7 Å². The number of carbonyl (C=O) groups is 1. The number of nitrogens with zero attached hydrogens (tertiary/aromatic N) is 2. The maximum atomic E-state index is 13.3. The van der Waals surface area contributed by atoms with Crippen LogP contribution in [-0.4, -0.2) is 26.6 Å². The van der Waals surface area contributed by atoms with Gasteiger partial charge in [-0.05, 0) is 38.1 Å². The predicted octanol–water partition coefficient (Wildman–Crippen LogP) is 4.38. The maximum Gasteiger partial charge on any atom is 0.264 e. The molecular formula is C21H26ClN3O3S. The second kappa shape index (κ2) is 8.97. The van der Waals surface area contributed by atoms with Crippen LogP contribution >= 0.6 is 11.6 Å². The third-order valence-corrected chi connectivity index (χ3v) is 6.54. The zero-order valence-corrected chi connectivity index (χ0v) is 18.8. The molecule has 0 heterocycles. The second-order valence-corrected chi connectivity index (χ2v) is 10.0. The highest BCUT2D eigenvalue weighted by atomic mass is 35.5. The maximum absolute atomic E-state index is 13.3. The first kappa shape index (κ1) is 22.9. The van der Waals surface area contributed by atoms with E-state index in [-0.39, 0.29) is 21.0 Å². The Morgan fingerprint density at radius 1 is 1.10 bits per heavy atom.